The smallest absolute Gasteiger partial charge is 0.335 e. The average Bonchev–Trinajstić information content (AvgIpc) is 3.62. The van der Waals surface area contributed by atoms with Gasteiger partial charge in [-0.3, -0.25) is 4.98 Å². The van der Waals surface area contributed by atoms with Crippen LogP contribution in [0.5, 0.6) is 0 Å². The molecule has 5 atom stereocenters. The van der Waals surface area contributed by atoms with Gasteiger partial charge in [0.25, 0.3) is 0 Å². The molecule has 9 heteroatoms. The van der Waals surface area contributed by atoms with E-state index in [0.29, 0.717) is 45.6 Å². The lowest BCUT2D eigenvalue weighted by molar-refractivity contribution is -0.122. The number of hydrogen-bond donors (Lipinski definition) is 2. The minimum atomic E-state index is -1.18. The molecular formula is C28H26Cl2N2O5. The Bertz CT molecular complexity index is 1400. The van der Waals surface area contributed by atoms with Crippen LogP contribution in [0.2, 0.25) is 10.0 Å². The molecule has 1 aromatic carbocycles. The Hall–Kier alpha value is -2.71. The molecule has 2 bridgehead atoms. The summed E-state index contributed by atoms with van der Waals surface area (Å²) in [7, 11) is 0. The molecule has 0 saturated heterocycles. The van der Waals surface area contributed by atoms with Crippen molar-refractivity contribution in [2.45, 2.75) is 50.9 Å². The second-order valence-electron chi connectivity index (χ2n) is 10.4. The lowest BCUT2D eigenvalue weighted by atomic mass is 9.70. The number of carbonyl (C=O) groups is 1. The van der Waals surface area contributed by atoms with E-state index in [2.05, 4.69) is 23.1 Å². The van der Waals surface area contributed by atoms with Gasteiger partial charge in [0.1, 0.15) is 11.3 Å². The van der Waals surface area contributed by atoms with Gasteiger partial charge >= 0.3 is 5.97 Å². The average molecular weight is 541 g/mol. The van der Waals surface area contributed by atoms with E-state index in [1.165, 1.54) is 18.3 Å². The summed E-state index contributed by atoms with van der Waals surface area (Å²) in [6.45, 7) is 2.41. The highest BCUT2D eigenvalue weighted by Gasteiger charge is 2.58. The molecule has 0 amide bonds. The first kappa shape index (κ1) is 24.6. The van der Waals surface area contributed by atoms with E-state index in [9.17, 15) is 15.0 Å². The number of aliphatic hydroxyl groups is 1. The fourth-order valence-electron chi connectivity index (χ4n) is 6.29. The topological polar surface area (TPSA) is 106 Å². The molecule has 3 aliphatic carbocycles. The van der Waals surface area contributed by atoms with Crippen LogP contribution in [0.4, 0.5) is 0 Å². The van der Waals surface area contributed by atoms with E-state index in [1.54, 1.807) is 18.2 Å². The standard InChI is InChI=1S/C28H26Cl2N2O5/c1-14-9-17-11-18(12-20(14)28(17,35)23-10-16(27(33)34)7-8-31-23)36-13-19-25(32-37-26(19)15-5-6-15)24-21(29)3-2-4-22(24)30/h2-5,7-8,10,14,17-18,20,35H,6,9,11-13H2,1H3,(H,33,34)/t14-,17+,18+,20+,28-/m0/s1. The summed E-state index contributed by atoms with van der Waals surface area (Å²) >= 11 is 13.0. The largest absolute Gasteiger partial charge is 0.478 e. The molecule has 3 aromatic rings. The number of allylic oxidation sites excluding steroid dienone is 2. The van der Waals surface area contributed by atoms with Crippen molar-refractivity contribution in [3.05, 3.63) is 75.2 Å². The fourth-order valence-corrected chi connectivity index (χ4v) is 6.86. The maximum atomic E-state index is 11.9. The maximum Gasteiger partial charge on any atom is 0.335 e. The van der Waals surface area contributed by atoms with Gasteiger partial charge in [0.05, 0.1) is 39.6 Å². The lowest BCUT2D eigenvalue weighted by Gasteiger charge is -2.42. The summed E-state index contributed by atoms with van der Waals surface area (Å²) in [5.74, 6) is -0.274. The molecule has 2 aromatic heterocycles. The number of rotatable bonds is 7. The minimum absolute atomic E-state index is 0.0895. The molecule has 3 aliphatic rings. The second kappa shape index (κ2) is 9.24. The molecular weight excluding hydrogens is 515 g/mol. The summed E-state index contributed by atoms with van der Waals surface area (Å²) in [5.41, 5.74) is 2.48. The Balaban J connectivity index is 1.26. The first-order valence-corrected chi connectivity index (χ1v) is 13.2. The van der Waals surface area contributed by atoms with E-state index < -0.39 is 11.6 Å². The van der Waals surface area contributed by atoms with Crippen LogP contribution in [0, 0.1) is 17.8 Å². The highest BCUT2D eigenvalue weighted by molar-refractivity contribution is 6.39. The van der Waals surface area contributed by atoms with Crippen LogP contribution in [0.15, 0.2) is 47.1 Å². The van der Waals surface area contributed by atoms with Gasteiger partial charge in [0.15, 0.2) is 5.76 Å². The monoisotopic (exact) mass is 540 g/mol. The molecule has 192 valence electrons. The lowest BCUT2D eigenvalue weighted by Crippen LogP contribution is -2.46. The summed E-state index contributed by atoms with van der Waals surface area (Å²) in [6, 6.07) is 8.28. The van der Waals surface area contributed by atoms with Gasteiger partial charge < -0.3 is 19.5 Å². The number of benzene rings is 1. The second-order valence-corrected chi connectivity index (χ2v) is 11.2. The predicted octanol–water partition coefficient (Wildman–Crippen LogP) is 6.37. The van der Waals surface area contributed by atoms with Crippen LogP contribution in [0.1, 0.15) is 60.0 Å². The molecule has 2 fully saturated rings. The molecule has 0 aliphatic heterocycles. The van der Waals surface area contributed by atoms with E-state index in [0.717, 1.165) is 24.0 Å². The van der Waals surface area contributed by atoms with Crippen LogP contribution >= 0.6 is 23.2 Å². The van der Waals surface area contributed by atoms with Crippen molar-refractivity contribution in [3.63, 3.8) is 0 Å². The van der Waals surface area contributed by atoms with Gasteiger partial charge in [-0.05, 0) is 73.3 Å². The van der Waals surface area contributed by atoms with Crippen molar-refractivity contribution in [3.8, 4) is 11.3 Å². The van der Waals surface area contributed by atoms with E-state index >= 15 is 0 Å². The maximum absolute atomic E-state index is 11.9. The van der Waals surface area contributed by atoms with Gasteiger partial charge in [-0.2, -0.15) is 0 Å². The van der Waals surface area contributed by atoms with E-state index in [-0.39, 0.29) is 36.0 Å². The Morgan fingerprint density at radius 2 is 1.97 bits per heavy atom. The van der Waals surface area contributed by atoms with Crippen molar-refractivity contribution in [1.29, 1.82) is 0 Å². The van der Waals surface area contributed by atoms with Crippen LogP contribution in [-0.2, 0) is 16.9 Å². The number of nitrogens with zero attached hydrogens (tertiary/aromatic N) is 2. The van der Waals surface area contributed by atoms with Crippen molar-refractivity contribution >= 4 is 34.7 Å². The van der Waals surface area contributed by atoms with Crippen LogP contribution in [0.3, 0.4) is 0 Å². The predicted molar refractivity (Wildman–Crippen MR) is 138 cm³/mol. The molecule has 2 N–H and O–H groups in total. The number of halogens is 2. The minimum Gasteiger partial charge on any atom is -0.478 e. The number of aromatic carboxylic acids is 1. The zero-order chi connectivity index (χ0) is 25.9. The van der Waals surface area contributed by atoms with Crippen molar-refractivity contribution < 1.29 is 24.3 Å². The quantitative estimate of drug-likeness (QED) is 0.358. The van der Waals surface area contributed by atoms with Gasteiger partial charge in [-0.25, -0.2) is 4.79 Å². The molecule has 0 spiro atoms. The summed E-state index contributed by atoms with van der Waals surface area (Å²) in [4.78, 5) is 15.9. The Morgan fingerprint density at radius 1 is 1.22 bits per heavy atom. The number of pyridine rings is 1. The third kappa shape index (κ3) is 4.18. The van der Waals surface area contributed by atoms with Gasteiger partial charge in [-0.1, -0.05) is 47.4 Å². The normalized spacial score (nSPS) is 28.3. The van der Waals surface area contributed by atoms with E-state index in [4.69, 9.17) is 32.5 Å². The number of aromatic nitrogens is 2. The number of carboxylic acid groups (broad SMARTS) is 1. The third-order valence-electron chi connectivity index (χ3n) is 8.16. The summed E-state index contributed by atoms with van der Waals surface area (Å²) < 4.78 is 12.2. The van der Waals surface area contributed by atoms with E-state index in [1.807, 2.05) is 0 Å². The fraction of sp³-hybridized carbons (Fsp3) is 0.393. The van der Waals surface area contributed by atoms with Crippen LogP contribution < -0.4 is 0 Å². The molecule has 0 unspecified atom stereocenters. The zero-order valence-electron chi connectivity index (χ0n) is 20.2. The number of hydrogen-bond acceptors (Lipinski definition) is 6. The molecule has 7 nitrogen and oxygen atoms in total. The number of fused-ring (bicyclic) bond motifs is 2. The van der Waals surface area contributed by atoms with Crippen molar-refractivity contribution in [2.24, 2.45) is 17.8 Å². The molecule has 0 radical (unpaired) electrons. The molecule has 6 rings (SSSR count). The molecule has 37 heavy (non-hydrogen) atoms. The summed E-state index contributed by atoms with van der Waals surface area (Å²) in [5, 5.41) is 26.6. The highest BCUT2D eigenvalue weighted by Crippen LogP contribution is 2.58. The third-order valence-corrected chi connectivity index (χ3v) is 8.79. The number of ether oxygens (including phenoxy) is 1. The van der Waals surface area contributed by atoms with Gasteiger partial charge in [-0.15, -0.1) is 0 Å². The van der Waals surface area contributed by atoms with Crippen molar-refractivity contribution in [2.75, 3.05) is 0 Å². The molecule has 2 saturated carbocycles. The van der Waals surface area contributed by atoms with Crippen LogP contribution in [0.25, 0.3) is 16.8 Å². The summed E-state index contributed by atoms with van der Waals surface area (Å²) in [6.07, 6.45) is 6.40. The first-order chi connectivity index (χ1) is 17.8. The Kier molecular flexibility index (Phi) is 6.15. The Morgan fingerprint density at radius 3 is 2.65 bits per heavy atom. The first-order valence-electron chi connectivity index (χ1n) is 12.4. The Labute approximate surface area is 224 Å². The van der Waals surface area contributed by atoms with Gasteiger partial charge in [0, 0.05) is 11.8 Å². The van der Waals surface area contributed by atoms with Crippen LogP contribution in [-0.4, -0.2) is 32.4 Å². The molecule has 2 heterocycles. The van der Waals surface area contributed by atoms with Gasteiger partial charge in [0.2, 0.25) is 0 Å². The number of carboxylic acids is 1. The van der Waals surface area contributed by atoms with Crippen molar-refractivity contribution in [1.82, 2.24) is 10.1 Å². The zero-order valence-corrected chi connectivity index (χ0v) is 21.7. The highest BCUT2D eigenvalue weighted by atomic mass is 35.5. The SMILES string of the molecule is C[C@H]1C[C@@H]2C[C@@H](OCc3c(-c4c(Cl)cccc4Cl)noc3C3=CC3)C[C@H]1[C@]2(O)c1cc(C(=O)O)ccn1.